The van der Waals surface area contributed by atoms with Gasteiger partial charge in [0.15, 0.2) is 0 Å². The fourth-order valence-electron chi connectivity index (χ4n) is 3.64. The zero-order valence-electron chi connectivity index (χ0n) is 14.9. The van der Waals surface area contributed by atoms with Crippen molar-refractivity contribution in [3.63, 3.8) is 0 Å². The fourth-order valence-corrected chi connectivity index (χ4v) is 3.64. The Hall–Kier alpha value is -2.25. The first-order valence-electron chi connectivity index (χ1n) is 8.44. The summed E-state index contributed by atoms with van der Waals surface area (Å²) in [6, 6.07) is 3.77. The Morgan fingerprint density at radius 3 is 2.35 bits per heavy atom. The van der Waals surface area contributed by atoms with Crippen LogP contribution < -0.4 is 5.32 Å². The number of carbonyl (C=O) groups is 2. The average Bonchev–Trinajstić information content (AvgIpc) is 2.78. The molecule has 0 aromatic heterocycles. The molecule has 1 aromatic rings. The lowest BCUT2D eigenvalue weighted by Gasteiger charge is -2.39. The van der Waals surface area contributed by atoms with Crippen LogP contribution in [0.5, 0.6) is 0 Å². The minimum atomic E-state index is -4.55. The van der Waals surface area contributed by atoms with Gasteiger partial charge in [0.2, 0.25) is 5.91 Å². The largest absolute Gasteiger partial charge is 0.444 e. The smallest absolute Gasteiger partial charge is 0.416 e. The molecule has 1 spiro atoms. The molecule has 0 bridgehead atoms. The third kappa shape index (κ3) is 3.12. The molecule has 1 N–H and O–H groups in total. The minimum absolute atomic E-state index is 0.00124. The molecule has 1 saturated heterocycles. The molecule has 0 saturated carbocycles. The van der Waals surface area contributed by atoms with Crippen LogP contribution >= 0.6 is 0 Å². The number of amides is 2. The van der Waals surface area contributed by atoms with Crippen LogP contribution in [-0.2, 0) is 21.1 Å². The van der Waals surface area contributed by atoms with Gasteiger partial charge in [-0.2, -0.15) is 13.2 Å². The number of hydrogen-bond donors (Lipinski definition) is 1. The van der Waals surface area contributed by atoms with E-state index in [2.05, 4.69) is 5.32 Å². The van der Waals surface area contributed by atoms with E-state index in [1.54, 1.807) is 20.8 Å². The first-order valence-corrected chi connectivity index (χ1v) is 8.44. The standard InChI is InChI=1S/C18H21F3N2O3/c1-16(2,3)26-15(25)23-9-7-17(8-10-23)13-11(18(19,20)21)5-4-6-12(13)22-14(17)24/h4-6H,7-10H2,1-3H3,(H,22,24). The molecule has 1 aromatic carbocycles. The molecule has 1 fully saturated rings. The van der Waals surface area contributed by atoms with Crippen molar-refractivity contribution in [2.24, 2.45) is 0 Å². The first kappa shape index (κ1) is 18.5. The number of halogens is 3. The van der Waals surface area contributed by atoms with Crippen LogP contribution in [0.2, 0.25) is 0 Å². The van der Waals surface area contributed by atoms with Gasteiger partial charge in [0, 0.05) is 24.3 Å². The number of hydrogen-bond acceptors (Lipinski definition) is 3. The third-order valence-electron chi connectivity index (χ3n) is 4.80. The summed E-state index contributed by atoms with van der Waals surface area (Å²) in [6.45, 7) is 5.55. The predicted molar refractivity (Wildman–Crippen MR) is 88.8 cm³/mol. The van der Waals surface area contributed by atoms with Gasteiger partial charge in [0.1, 0.15) is 5.60 Å². The average molecular weight is 370 g/mol. The highest BCUT2D eigenvalue weighted by molar-refractivity contribution is 6.07. The number of carbonyl (C=O) groups excluding carboxylic acids is 2. The van der Waals surface area contributed by atoms with Crippen LogP contribution in [0.3, 0.4) is 0 Å². The minimum Gasteiger partial charge on any atom is -0.444 e. The molecule has 2 heterocycles. The maximum absolute atomic E-state index is 13.5. The van der Waals surface area contributed by atoms with Crippen LogP contribution in [0.1, 0.15) is 44.7 Å². The van der Waals surface area contributed by atoms with E-state index in [1.807, 2.05) is 0 Å². The van der Waals surface area contributed by atoms with Crippen molar-refractivity contribution >= 4 is 17.7 Å². The summed E-state index contributed by atoms with van der Waals surface area (Å²) in [5, 5.41) is 2.58. The summed E-state index contributed by atoms with van der Waals surface area (Å²) in [6.07, 6.45) is -4.82. The van der Waals surface area contributed by atoms with E-state index in [9.17, 15) is 22.8 Å². The number of rotatable bonds is 0. The number of anilines is 1. The lowest BCUT2D eigenvalue weighted by atomic mass is 9.72. The lowest BCUT2D eigenvalue weighted by Crippen LogP contribution is -2.49. The zero-order chi connectivity index (χ0) is 19.3. The zero-order valence-corrected chi connectivity index (χ0v) is 14.9. The molecule has 3 rings (SSSR count). The van der Waals surface area contributed by atoms with Crippen molar-refractivity contribution in [1.29, 1.82) is 0 Å². The van der Waals surface area contributed by atoms with E-state index in [4.69, 9.17) is 4.74 Å². The van der Waals surface area contributed by atoms with Gasteiger partial charge in [0.25, 0.3) is 0 Å². The molecule has 0 radical (unpaired) electrons. The molecular weight excluding hydrogens is 349 g/mol. The van der Waals surface area contributed by atoms with Crippen molar-refractivity contribution < 1.29 is 27.5 Å². The van der Waals surface area contributed by atoms with Gasteiger partial charge in [-0.3, -0.25) is 4.79 Å². The van der Waals surface area contributed by atoms with Crippen molar-refractivity contribution in [2.75, 3.05) is 18.4 Å². The second-order valence-electron chi connectivity index (χ2n) is 7.73. The van der Waals surface area contributed by atoms with Crippen molar-refractivity contribution in [3.8, 4) is 0 Å². The lowest BCUT2D eigenvalue weighted by molar-refractivity contribution is -0.139. The van der Waals surface area contributed by atoms with Crippen LogP contribution in [0.4, 0.5) is 23.7 Å². The molecule has 0 unspecified atom stereocenters. The number of alkyl halides is 3. The van der Waals surface area contributed by atoms with E-state index in [0.717, 1.165) is 6.07 Å². The van der Waals surface area contributed by atoms with Gasteiger partial charge in [-0.15, -0.1) is 0 Å². The number of benzene rings is 1. The van der Waals surface area contributed by atoms with Crippen LogP contribution in [-0.4, -0.2) is 35.6 Å². The highest BCUT2D eigenvalue weighted by atomic mass is 19.4. The van der Waals surface area contributed by atoms with Gasteiger partial charge < -0.3 is 15.0 Å². The molecule has 2 aliphatic heterocycles. The number of fused-ring (bicyclic) bond motifs is 2. The number of nitrogens with one attached hydrogen (secondary N) is 1. The van der Waals surface area contributed by atoms with Crippen molar-refractivity contribution in [1.82, 2.24) is 4.90 Å². The molecule has 0 atom stereocenters. The quantitative estimate of drug-likeness (QED) is 0.753. The maximum Gasteiger partial charge on any atom is 0.416 e. The normalized spacial score (nSPS) is 19.3. The van der Waals surface area contributed by atoms with Crippen molar-refractivity contribution in [2.45, 2.75) is 50.8 Å². The summed E-state index contributed by atoms with van der Waals surface area (Å²) in [5.41, 5.74) is -2.51. The number of ether oxygens (including phenoxy) is 1. The van der Waals surface area contributed by atoms with Gasteiger partial charge in [0.05, 0.1) is 11.0 Å². The van der Waals surface area contributed by atoms with E-state index in [-0.39, 0.29) is 37.2 Å². The number of piperidine rings is 1. The van der Waals surface area contributed by atoms with Gasteiger partial charge >= 0.3 is 12.3 Å². The Morgan fingerprint density at radius 1 is 1.19 bits per heavy atom. The molecule has 8 heteroatoms. The third-order valence-corrected chi connectivity index (χ3v) is 4.80. The summed E-state index contributed by atoms with van der Waals surface area (Å²) in [5.74, 6) is -0.437. The summed E-state index contributed by atoms with van der Waals surface area (Å²) in [7, 11) is 0. The number of nitrogens with zero attached hydrogens (tertiary/aromatic N) is 1. The molecule has 26 heavy (non-hydrogen) atoms. The second kappa shape index (κ2) is 5.89. The van der Waals surface area contributed by atoms with Crippen LogP contribution in [0.15, 0.2) is 18.2 Å². The molecule has 2 aliphatic rings. The molecule has 5 nitrogen and oxygen atoms in total. The Bertz CT molecular complexity index is 745. The monoisotopic (exact) mass is 370 g/mol. The van der Waals surface area contributed by atoms with Gasteiger partial charge in [-0.05, 0) is 45.7 Å². The SMILES string of the molecule is CC(C)(C)OC(=O)N1CCC2(CC1)C(=O)Nc1cccc(C(F)(F)F)c12. The van der Waals surface area contributed by atoms with Gasteiger partial charge in [-0.25, -0.2) is 4.79 Å². The number of likely N-dealkylation sites (tertiary alicyclic amines) is 1. The summed E-state index contributed by atoms with van der Waals surface area (Å²) in [4.78, 5) is 26.2. The molecule has 2 amide bonds. The topological polar surface area (TPSA) is 58.6 Å². The Morgan fingerprint density at radius 2 is 1.81 bits per heavy atom. The van der Waals surface area contributed by atoms with E-state index < -0.39 is 34.8 Å². The molecule has 0 aliphatic carbocycles. The first-order chi connectivity index (χ1) is 11.9. The Balaban J connectivity index is 1.89. The van der Waals surface area contributed by atoms with E-state index in [0.29, 0.717) is 0 Å². The van der Waals surface area contributed by atoms with E-state index >= 15 is 0 Å². The van der Waals surface area contributed by atoms with Crippen molar-refractivity contribution in [3.05, 3.63) is 29.3 Å². The molecule has 142 valence electrons. The Kier molecular flexibility index (Phi) is 4.20. The molecular formula is C18H21F3N2O3. The fraction of sp³-hybridized carbons (Fsp3) is 0.556. The second-order valence-corrected chi connectivity index (χ2v) is 7.73. The van der Waals surface area contributed by atoms with Crippen LogP contribution in [0, 0.1) is 0 Å². The Labute approximate surface area is 149 Å². The highest BCUT2D eigenvalue weighted by Crippen LogP contribution is 2.50. The predicted octanol–water partition coefficient (Wildman–Crippen LogP) is 3.93. The summed E-state index contributed by atoms with van der Waals surface area (Å²) < 4.78 is 45.7. The maximum atomic E-state index is 13.5. The highest BCUT2D eigenvalue weighted by Gasteiger charge is 2.53. The summed E-state index contributed by atoms with van der Waals surface area (Å²) >= 11 is 0. The van der Waals surface area contributed by atoms with Gasteiger partial charge in [-0.1, -0.05) is 6.07 Å². The van der Waals surface area contributed by atoms with E-state index in [1.165, 1.54) is 17.0 Å². The van der Waals surface area contributed by atoms with Crippen LogP contribution in [0.25, 0.3) is 0 Å².